The van der Waals surface area contributed by atoms with E-state index in [1.54, 1.807) is 4.57 Å². The summed E-state index contributed by atoms with van der Waals surface area (Å²) in [6.07, 6.45) is 1.41. The molecule has 3 heterocycles. The number of thiophene rings is 1. The van der Waals surface area contributed by atoms with Gasteiger partial charge in [-0.05, 0) is 49.4 Å². The molecule has 1 unspecified atom stereocenters. The molecular formula is C26H24F2N4O2S. The van der Waals surface area contributed by atoms with Crippen molar-refractivity contribution in [1.82, 2.24) is 14.9 Å². The third-order valence-electron chi connectivity index (χ3n) is 6.30. The number of nitrogens with zero attached hydrogens (tertiary/aromatic N) is 3. The molecule has 1 fully saturated rings. The number of piperidine rings is 1. The van der Waals surface area contributed by atoms with Gasteiger partial charge in [0, 0.05) is 31.3 Å². The zero-order valence-corrected chi connectivity index (χ0v) is 19.9. The molecule has 9 heteroatoms. The van der Waals surface area contributed by atoms with Crippen LogP contribution in [0.25, 0.3) is 15.9 Å². The highest BCUT2D eigenvalue weighted by Crippen LogP contribution is 2.27. The first-order valence-corrected chi connectivity index (χ1v) is 12.3. The molecule has 1 amide bonds. The fourth-order valence-electron chi connectivity index (χ4n) is 4.40. The first-order chi connectivity index (χ1) is 16.9. The lowest BCUT2D eigenvalue weighted by Crippen LogP contribution is -2.45. The lowest BCUT2D eigenvalue weighted by atomic mass is 9.97. The average molecular weight is 495 g/mol. The molecule has 0 saturated carbocycles. The maximum absolute atomic E-state index is 14.0. The summed E-state index contributed by atoms with van der Waals surface area (Å²) in [5, 5.41) is 4.63. The van der Waals surface area contributed by atoms with Gasteiger partial charge < -0.3 is 10.2 Å². The van der Waals surface area contributed by atoms with Crippen molar-refractivity contribution < 1.29 is 13.6 Å². The summed E-state index contributed by atoms with van der Waals surface area (Å²) >= 11 is 1.36. The van der Waals surface area contributed by atoms with Crippen molar-refractivity contribution in [2.24, 2.45) is 5.92 Å². The molecule has 35 heavy (non-hydrogen) atoms. The predicted octanol–water partition coefficient (Wildman–Crippen LogP) is 4.57. The van der Waals surface area contributed by atoms with Crippen molar-refractivity contribution in [3.63, 3.8) is 0 Å². The van der Waals surface area contributed by atoms with Gasteiger partial charge in [-0.2, -0.15) is 0 Å². The Morgan fingerprint density at radius 2 is 1.97 bits per heavy atom. The summed E-state index contributed by atoms with van der Waals surface area (Å²) < 4.78 is 29.3. The molecule has 0 bridgehead atoms. The normalized spacial score (nSPS) is 16.0. The Balaban J connectivity index is 1.42. The number of carbonyl (C=O) groups is 1. The van der Waals surface area contributed by atoms with Gasteiger partial charge in [0.25, 0.3) is 5.56 Å². The maximum Gasteiger partial charge on any atom is 0.277 e. The van der Waals surface area contributed by atoms with E-state index in [0.717, 1.165) is 23.7 Å². The van der Waals surface area contributed by atoms with Gasteiger partial charge in [0.2, 0.25) is 11.9 Å². The molecule has 1 aliphatic heterocycles. The van der Waals surface area contributed by atoms with E-state index in [2.05, 4.69) is 5.32 Å². The second-order valence-electron chi connectivity index (χ2n) is 8.76. The van der Waals surface area contributed by atoms with E-state index < -0.39 is 11.6 Å². The minimum atomic E-state index is -0.689. The van der Waals surface area contributed by atoms with E-state index in [9.17, 15) is 18.4 Å². The zero-order valence-electron chi connectivity index (χ0n) is 19.1. The number of amides is 1. The summed E-state index contributed by atoms with van der Waals surface area (Å²) in [6.45, 7) is 3.00. The van der Waals surface area contributed by atoms with E-state index in [4.69, 9.17) is 4.98 Å². The maximum atomic E-state index is 14.0. The van der Waals surface area contributed by atoms with E-state index >= 15 is 0 Å². The number of aryl methyl sites for hydroxylation is 1. The minimum Gasteiger partial charge on any atom is -0.352 e. The molecule has 6 nitrogen and oxygen atoms in total. The van der Waals surface area contributed by atoms with Crippen molar-refractivity contribution >= 4 is 33.4 Å². The number of aromatic nitrogens is 2. The fraction of sp³-hybridized carbons (Fsp3) is 0.269. The van der Waals surface area contributed by atoms with Gasteiger partial charge in [-0.25, -0.2) is 18.3 Å². The van der Waals surface area contributed by atoms with Gasteiger partial charge in [0.1, 0.15) is 16.3 Å². The molecule has 1 atom stereocenters. The van der Waals surface area contributed by atoms with Crippen LogP contribution in [0.3, 0.4) is 0 Å². The van der Waals surface area contributed by atoms with Gasteiger partial charge in [0.05, 0.1) is 17.1 Å². The number of fused-ring (bicyclic) bond motifs is 1. The fourth-order valence-corrected chi connectivity index (χ4v) is 5.16. The molecule has 2 aromatic heterocycles. The quantitative estimate of drug-likeness (QED) is 0.442. The van der Waals surface area contributed by atoms with Gasteiger partial charge in [0.15, 0.2) is 0 Å². The first-order valence-electron chi connectivity index (χ1n) is 11.4. The number of anilines is 1. The number of hydrogen-bond acceptors (Lipinski definition) is 5. The van der Waals surface area contributed by atoms with Crippen LogP contribution in [0.2, 0.25) is 0 Å². The van der Waals surface area contributed by atoms with E-state index in [1.165, 1.54) is 23.5 Å². The minimum absolute atomic E-state index is 0.0192. The van der Waals surface area contributed by atoms with Crippen LogP contribution in [0.1, 0.15) is 24.0 Å². The Labute approximate surface area is 204 Å². The average Bonchev–Trinajstić information content (AvgIpc) is 3.33. The number of carbonyl (C=O) groups excluding carboxylic acids is 1. The highest BCUT2D eigenvalue weighted by atomic mass is 32.1. The topological polar surface area (TPSA) is 67.2 Å². The summed E-state index contributed by atoms with van der Waals surface area (Å²) in [5.74, 6) is -1.40. The lowest BCUT2D eigenvalue weighted by molar-refractivity contribution is -0.125. The van der Waals surface area contributed by atoms with Gasteiger partial charge >= 0.3 is 0 Å². The molecule has 5 rings (SSSR count). The Morgan fingerprint density at radius 3 is 2.74 bits per heavy atom. The van der Waals surface area contributed by atoms with E-state index in [0.29, 0.717) is 35.7 Å². The number of rotatable bonds is 5. The van der Waals surface area contributed by atoms with Crippen LogP contribution in [-0.4, -0.2) is 28.5 Å². The van der Waals surface area contributed by atoms with Crippen LogP contribution in [0.5, 0.6) is 0 Å². The largest absolute Gasteiger partial charge is 0.352 e. The van der Waals surface area contributed by atoms with Crippen LogP contribution in [0.15, 0.2) is 58.7 Å². The SMILES string of the molecule is Cc1ccc(-n2c(N3CCCC(C(=O)NCc4ccc(F)cc4F)C3)nc3ccsc3c2=O)cc1. The molecule has 180 valence electrons. The summed E-state index contributed by atoms with van der Waals surface area (Å²) in [7, 11) is 0. The number of hydrogen-bond donors (Lipinski definition) is 1. The summed E-state index contributed by atoms with van der Waals surface area (Å²) in [4.78, 5) is 33.2. The van der Waals surface area contributed by atoms with Crippen molar-refractivity contribution in [2.45, 2.75) is 26.3 Å². The molecule has 0 radical (unpaired) electrons. The van der Waals surface area contributed by atoms with Crippen molar-refractivity contribution in [1.29, 1.82) is 0 Å². The smallest absolute Gasteiger partial charge is 0.277 e. The number of nitrogens with one attached hydrogen (secondary N) is 1. The molecule has 4 aromatic rings. The van der Waals surface area contributed by atoms with Crippen LogP contribution < -0.4 is 15.8 Å². The van der Waals surface area contributed by atoms with Crippen molar-refractivity contribution in [3.8, 4) is 5.69 Å². The third kappa shape index (κ3) is 4.68. The Bertz CT molecular complexity index is 1450. The van der Waals surface area contributed by atoms with Crippen molar-refractivity contribution in [2.75, 3.05) is 18.0 Å². The van der Waals surface area contributed by atoms with Gasteiger partial charge in [-0.1, -0.05) is 23.8 Å². The number of benzene rings is 2. The molecule has 1 saturated heterocycles. The summed E-state index contributed by atoms with van der Waals surface area (Å²) in [6, 6.07) is 12.8. The summed E-state index contributed by atoms with van der Waals surface area (Å²) in [5.41, 5.74) is 2.53. The third-order valence-corrected chi connectivity index (χ3v) is 7.19. The molecule has 0 spiro atoms. The van der Waals surface area contributed by atoms with E-state index in [-0.39, 0.29) is 29.5 Å². The first kappa shape index (κ1) is 23.2. The molecule has 1 N–H and O–H groups in total. The van der Waals surface area contributed by atoms with Gasteiger partial charge in [-0.3, -0.25) is 9.59 Å². The molecule has 1 aliphatic rings. The highest BCUT2D eigenvalue weighted by Gasteiger charge is 2.29. The standard InChI is InChI=1S/C26H24F2N4O2S/c1-16-4-8-20(9-5-16)32-25(34)23-22(10-12-35-23)30-26(32)31-11-2-3-18(15-31)24(33)29-14-17-6-7-19(27)13-21(17)28/h4-10,12-13,18H,2-3,11,14-15H2,1H3,(H,29,33). The Hall–Kier alpha value is -3.59. The lowest BCUT2D eigenvalue weighted by Gasteiger charge is -2.34. The molecule has 0 aliphatic carbocycles. The van der Waals surface area contributed by atoms with Crippen molar-refractivity contribution in [3.05, 3.63) is 87.0 Å². The second-order valence-corrected chi connectivity index (χ2v) is 9.68. The Morgan fingerprint density at radius 1 is 1.17 bits per heavy atom. The highest BCUT2D eigenvalue weighted by molar-refractivity contribution is 7.17. The van der Waals surface area contributed by atoms with Gasteiger partial charge in [-0.15, -0.1) is 11.3 Å². The van der Waals surface area contributed by atoms with Crippen LogP contribution >= 0.6 is 11.3 Å². The molecular weight excluding hydrogens is 470 g/mol. The van der Waals surface area contributed by atoms with E-state index in [1.807, 2.05) is 47.5 Å². The molecule has 2 aromatic carbocycles. The predicted molar refractivity (Wildman–Crippen MR) is 133 cm³/mol. The Kier molecular flexibility index (Phi) is 6.34. The van der Waals surface area contributed by atoms with Crippen LogP contribution in [0.4, 0.5) is 14.7 Å². The van der Waals surface area contributed by atoms with Crippen LogP contribution in [-0.2, 0) is 11.3 Å². The second kappa shape index (κ2) is 9.58. The van der Waals surface area contributed by atoms with Crippen LogP contribution in [0, 0.1) is 24.5 Å². The number of halogens is 2. The zero-order chi connectivity index (χ0) is 24.5. The monoisotopic (exact) mass is 494 g/mol.